The molecule has 0 saturated heterocycles. The highest BCUT2D eigenvalue weighted by atomic mass is 16.3. The minimum absolute atomic E-state index is 0.282. The number of rotatable bonds is 3. The average molecular weight is 142 g/mol. The van der Waals surface area contributed by atoms with Crippen LogP contribution in [0, 0.1) is 5.92 Å². The Balaban J connectivity index is 2.34. The standard InChI is InChI=1S/C7H14N2O/c1-8-9(2)7-4-3-6(7)5-10/h6-7,10H,1,3-5H2,2H3. The molecular formula is C7H14N2O. The van der Waals surface area contributed by atoms with E-state index in [1.165, 1.54) is 0 Å². The molecule has 1 saturated carbocycles. The van der Waals surface area contributed by atoms with Crippen LogP contribution in [0.2, 0.25) is 0 Å². The van der Waals surface area contributed by atoms with Crippen LogP contribution < -0.4 is 0 Å². The Labute approximate surface area is 61.3 Å². The first-order valence-corrected chi connectivity index (χ1v) is 3.60. The lowest BCUT2D eigenvalue weighted by Crippen LogP contribution is -2.44. The van der Waals surface area contributed by atoms with Crippen molar-refractivity contribution < 1.29 is 5.11 Å². The van der Waals surface area contributed by atoms with Crippen LogP contribution in [0.4, 0.5) is 0 Å². The summed E-state index contributed by atoms with van der Waals surface area (Å²) in [5.41, 5.74) is 0. The summed E-state index contributed by atoms with van der Waals surface area (Å²) in [5.74, 6) is 0.426. The Kier molecular flexibility index (Phi) is 2.27. The molecule has 10 heavy (non-hydrogen) atoms. The minimum Gasteiger partial charge on any atom is -0.396 e. The van der Waals surface area contributed by atoms with E-state index >= 15 is 0 Å². The van der Waals surface area contributed by atoms with Crippen molar-refractivity contribution in [2.75, 3.05) is 13.7 Å². The molecule has 1 N–H and O–H groups in total. The van der Waals surface area contributed by atoms with Crippen LogP contribution in [0.15, 0.2) is 5.10 Å². The Morgan fingerprint density at radius 3 is 2.70 bits per heavy atom. The van der Waals surface area contributed by atoms with Crippen LogP contribution in [0.25, 0.3) is 0 Å². The molecule has 0 aromatic heterocycles. The zero-order valence-electron chi connectivity index (χ0n) is 6.32. The van der Waals surface area contributed by atoms with Crippen molar-refractivity contribution >= 4 is 6.72 Å². The molecule has 0 spiro atoms. The average Bonchev–Trinajstić information content (AvgIpc) is 1.86. The van der Waals surface area contributed by atoms with Crippen molar-refractivity contribution in [1.82, 2.24) is 5.01 Å². The third kappa shape index (κ3) is 1.14. The van der Waals surface area contributed by atoms with Gasteiger partial charge in [-0.15, -0.1) is 0 Å². The predicted molar refractivity (Wildman–Crippen MR) is 40.9 cm³/mol. The zero-order valence-corrected chi connectivity index (χ0v) is 6.32. The minimum atomic E-state index is 0.282. The lowest BCUT2D eigenvalue weighted by atomic mass is 9.80. The van der Waals surface area contributed by atoms with E-state index < -0.39 is 0 Å². The third-order valence-corrected chi connectivity index (χ3v) is 2.31. The molecule has 0 bridgehead atoms. The quantitative estimate of drug-likeness (QED) is 0.454. The van der Waals surface area contributed by atoms with Crippen molar-refractivity contribution in [3.8, 4) is 0 Å². The molecule has 2 atom stereocenters. The molecular weight excluding hydrogens is 128 g/mol. The van der Waals surface area contributed by atoms with E-state index in [9.17, 15) is 0 Å². The molecule has 0 aromatic carbocycles. The van der Waals surface area contributed by atoms with E-state index in [0.717, 1.165) is 12.8 Å². The summed E-state index contributed by atoms with van der Waals surface area (Å²) in [6.07, 6.45) is 2.27. The topological polar surface area (TPSA) is 35.8 Å². The molecule has 1 aliphatic carbocycles. The maximum Gasteiger partial charge on any atom is 0.0517 e. The number of nitrogens with zero attached hydrogens (tertiary/aromatic N) is 2. The van der Waals surface area contributed by atoms with Crippen LogP contribution in [-0.4, -0.2) is 36.5 Å². The molecule has 58 valence electrons. The Bertz CT molecular complexity index is 125. The van der Waals surface area contributed by atoms with E-state index in [1.54, 1.807) is 0 Å². The summed E-state index contributed by atoms with van der Waals surface area (Å²) in [5, 5.41) is 14.4. The second-order valence-corrected chi connectivity index (χ2v) is 2.80. The van der Waals surface area contributed by atoms with E-state index in [-0.39, 0.29) is 6.61 Å². The molecule has 1 aliphatic rings. The van der Waals surface area contributed by atoms with Crippen molar-refractivity contribution in [3.05, 3.63) is 0 Å². The van der Waals surface area contributed by atoms with Crippen molar-refractivity contribution in [1.29, 1.82) is 0 Å². The third-order valence-electron chi connectivity index (χ3n) is 2.31. The summed E-state index contributed by atoms with van der Waals surface area (Å²) < 4.78 is 0. The van der Waals surface area contributed by atoms with Gasteiger partial charge in [0.2, 0.25) is 0 Å². The fourth-order valence-corrected chi connectivity index (χ4v) is 1.36. The summed E-state index contributed by atoms with van der Waals surface area (Å²) in [7, 11) is 1.90. The van der Waals surface area contributed by atoms with Crippen LogP contribution >= 0.6 is 0 Å². The van der Waals surface area contributed by atoms with Gasteiger partial charge in [-0.25, -0.2) is 0 Å². The SMILES string of the molecule is C=NN(C)C1CCC1CO. The van der Waals surface area contributed by atoms with Gasteiger partial charge in [0.05, 0.1) is 6.04 Å². The van der Waals surface area contributed by atoms with E-state index in [0.29, 0.717) is 12.0 Å². The highest BCUT2D eigenvalue weighted by Gasteiger charge is 2.32. The molecule has 3 heteroatoms. The van der Waals surface area contributed by atoms with Gasteiger partial charge in [0.1, 0.15) is 0 Å². The van der Waals surface area contributed by atoms with Gasteiger partial charge in [0.15, 0.2) is 0 Å². The fourth-order valence-electron chi connectivity index (χ4n) is 1.36. The zero-order chi connectivity index (χ0) is 7.56. The van der Waals surface area contributed by atoms with E-state index in [1.807, 2.05) is 12.1 Å². The summed E-state index contributed by atoms with van der Waals surface area (Å²) in [4.78, 5) is 0. The summed E-state index contributed by atoms with van der Waals surface area (Å²) in [6, 6.07) is 0.433. The van der Waals surface area contributed by atoms with Crippen LogP contribution in [0.1, 0.15) is 12.8 Å². The number of aliphatic hydroxyl groups excluding tert-OH is 1. The first-order chi connectivity index (χ1) is 4.79. The van der Waals surface area contributed by atoms with Crippen molar-refractivity contribution in [2.45, 2.75) is 18.9 Å². The number of hydrazone groups is 1. The number of hydrogen-bond donors (Lipinski definition) is 1. The lowest BCUT2D eigenvalue weighted by molar-refractivity contribution is 0.0438. The normalized spacial score (nSPS) is 31.0. The highest BCUT2D eigenvalue weighted by molar-refractivity contribution is 5.22. The van der Waals surface area contributed by atoms with Gasteiger partial charge in [-0.1, -0.05) is 0 Å². The summed E-state index contributed by atoms with van der Waals surface area (Å²) >= 11 is 0. The number of aliphatic hydroxyl groups is 1. The Hall–Kier alpha value is -0.570. The van der Waals surface area contributed by atoms with Crippen LogP contribution in [0.5, 0.6) is 0 Å². The van der Waals surface area contributed by atoms with Gasteiger partial charge in [0, 0.05) is 26.3 Å². The van der Waals surface area contributed by atoms with Gasteiger partial charge in [-0.2, -0.15) is 5.10 Å². The molecule has 0 aromatic rings. The molecule has 3 nitrogen and oxygen atoms in total. The molecule has 0 radical (unpaired) electrons. The lowest BCUT2D eigenvalue weighted by Gasteiger charge is -2.39. The predicted octanol–water partition coefficient (Wildman–Crippen LogP) is 0.305. The van der Waals surface area contributed by atoms with Gasteiger partial charge in [-0.3, -0.25) is 5.01 Å². The van der Waals surface area contributed by atoms with Crippen molar-refractivity contribution in [3.63, 3.8) is 0 Å². The fraction of sp³-hybridized carbons (Fsp3) is 0.857. The number of hydrogen-bond acceptors (Lipinski definition) is 3. The van der Waals surface area contributed by atoms with Crippen LogP contribution in [-0.2, 0) is 0 Å². The largest absolute Gasteiger partial charge is 0.396 e. The Morgan fingerprint density at radius 2 is 2.40 bits per heavy atom. The first-order valence-electron chi connectivity index (χ1n) is 3.60. The van der Waals surface area contributed by atoms with Gasteiger partial charge >= 0.3 is 0 Å². The molecule has 0 aliphatic heterocycles. The first kappa shape index (κ1) is 7.54. The monoisotopic (exact) mass is 142 g/mol. The maximum atomic E-state index is 8.81. The van der Waals surface area contributed by atoms with Gasteiger partial charge in [-0.05, 0) is 12.8 Å². The van der Waals surface area contributed by atoms with E-state index in [4.69, 9.17) is 5.11 Å². The molecule has 1 fully saturated rings. The van der Waals surface area contributed by atoms with E-state index in [2.05, 4.69) is 11.8 Å². The molecule has 0 amide bonds. The van der Waals surface area contributed by atoms with Gasteiger partial charge in [0.25, 0.3) is 0 Å². The Morgan fingerprint density at radius 1 is 1.70 bits per heavy atom. The smallest absolute Gasteiger partial charge is 0.0517 e. The van der Waals surface area contributed by atoms with Crippen LogP contribution in [0.3, 0.4) is 0 Å². The summed E-state index contributed by atoms with van der Waals surface area (Å²) in [6.45, 7) is 3.71. The van der Waals surface area contributed by atoms with Crippen molar-refractivity contribution in [2.24, 2.45) is 11.0 Å². The highest BCUT2D eigenvalue weighted by Crippen LogP contribution is 2.30. The molecule has 2 unspecified atom stereocenters. The second-order valence-electron chi connectivity index (χ2n) is 2.80. The van der Waals surface area contributed by atoms with Gasteiger partial charge < -0.3 is 5.11 Å². The molecule has 1 rings (SSSR count). The maximum absolute atomic E-state index is 8.81. The second kappa shape index (κ2) is 3.01. The molecule has 0 heterocycles.